The van der Waals surface area contributed by atoms with Gasteiger partial charge in [-0.1, -0.05) is 111 Å². The SMILES string of the molecule is CC(C)Cc1cc(C(=O)NCCN2CCN(c3ccccc3C(c3ccccc3)c3ccccc3)CC2)nn1-c1ccccc1. The first-order valence-corrected chi connectivity index (χ1v) is 16.2. The highest BCUT2D eigenvalue weighted by atomic mass is 16.1. The second kappa shape index (κ2) is 14.4. The number of carbonyl (C=O) groups is 1. The van der Waals surface area contributed by atoms with Crippen molar-refractivity contribution in [1.29, 1.82) is 0 Å². The van der Waals surface area contributed by atoms with Crippen LogP contribution in [-0.4, -0.2) is 59.9 Å². The van der Waals surface area contributed by atoms with E-state index in [2.05, 4.69) is 114 Å². The Morgan fingerprint density at radius 3 is 1.96 bits per heavy atom. The molecule has 2 heterocycles. The first-order valence-electron chi connectivity index (χ1n) is 16.2. The summed E-state index contributed by atoms with van der Waals surface area (Å²) < 4.78 is 1.91. The minimum Gasteiger partial charge on any atom is -0.369 e. The zero-order valence-corrected chi connectivity index (χ0v) is 26.3. The molecule has 1 N–H and O–H groups in total. The van der Waals surface area contributed by atoms with Crippen LogP contribution in [0.5, 0.6) is 0 Å². The maximum atomic E-state index is 13.1. The van der Waals surface area contributed by atoms with Gasteiger partial charge in [0.1, 0.15) is 0 Å². The molecule has 4 aromatic carbocycles. The molecule has 45 heavy (non-hydrogen) atoms. The lowest BCUT2D eigenvalue weighted by Crippen LogP contribution is -2.48. The van der Waals surface area contributed by atoms with Crippen LogP contribution in [0.25, 0.3) is 5.69 Å². The summed E-state index contributed by atoms with van der Waals surface area (Å²) in [6, 6.07) is 42.5. The fourth-order valence-corrected chi connectivity index (χ4v) is 6.38. The molecule has 6 nitrogen and oxygen atoms in total. The summed E-state index contributed by atoms with van der Waals surface area (Å²) in [5, 5.41) is 7.82. The molecule has 0 saturated carbocycles. The molecule has 1 amide bonds. The quantitative estimate of drug-likeness (QED) is 0.170. The van der Waals surface area contributed by atoms with Crippen molar-refractivity contribution in [3.8, 4) is 5.69 Å². The van der Waals surface area contributed by atoms with Crippen molar-refractivity contribution in [2.75, 3.05) is 44.2 Å². The van der Waals surface area contributed by atoms with Crippen LogP contribution in [0.2, 0.25) is 0 Å². The monoisotopic (exact) mass is 597 g/mol. The predicted molar refractivity (Wildman–Crippen MR) is 183 cm³/mol. The van der Waals surface area contributed by atoms with Crippen LogP contribution in [0, 0.1) is 5.92 Å². The van der Waals surface area contributed by atoms with Gasteiger partial charge in [-0.05, 0) is 53.3 Å². The van der Waals surface area contributed by atoms with Gasteiger partial charge in [-0.25, -0.2) is 4.68 Å². The van der Waals surface area contributed by atoms with Crippen molar-refractivity contribution in [2.45, 2.75) is 26.2 Å². The molecule has 1 aliphatic heterocycles. The van der Waals surface area contributed by atoms with Crippen molar-refractivity contribution in [1.82, 2.24) is 20.0 Å². The summed E-state index contributed by atoms with van der Waals surface area (Å²) in [6.45, 7) is 9.58. The number of carbonyl (C=O) groups excluding carboxylic acids is 1. The van der Waals surface area contributed by atoms with E-state index in [9.17, 15) is 4.79 Å². The molecule has 1 aliphatic rings. The van der Waals surface area contributed by atoms with E-state index in [-0.39, 0.29) is 11.8 Å². The van der Waals surface area contributed by atoms with Gasteiger partial charge in [-0.2, -0.15) is 5.10 Å². The number of nitrogens with zero attached hydrogens (tertiary/aromatic N) is 4. The van der Waals surface area contributed by atoms with Crippen molar-refractivity contribution in [3.05, 3.63) is 149 Å². The molecule has 0 atom stereocenters. The maximum absolute atomic E-state index is 13.1. The number of nitrogens with one attached hydrogen (secondary N) is 1. The Bertz CT molecular complexity index is 1620. The lowest BCUT2D eigenvalue weighted by Gasteiger charge is -2.38. The van der Waals surface area contributed by atoms with Crippen LogP contribution < -0.4 is 10.2 Å². The van der Waals surface area contributed by atoms with Gasteiger partial charge in [0, 0.05) is 56.6 Å². The fraction of sp³-hybridized carbons (Fsp3) is 0.282. The van der Waals surface area contributed by atoms with E-state index in [1.165, 1.54) is 22.4 Å². The summed E-state index contributed by atoms with van der Waals surface area (Å²) in [7, 11) is 0. The molecule has 1 fully saturated rings. The Kier molecular flexibility index (Phi) is 9.71. The second-order valence-corrected chi connectivity index (χ2v) is 12.3. The van der Waals surface area contributed by atoms with E-state index < -0.39 is 0 Å². The topological polar surface area (TPSA) is 53.4 Å². The maximum Gasteiger partial charge on any atom is 0.271 e. The highest BCUT2D eigenvalue weighted by Gasteiger charge is 2.25. The summed E-state index contributed by atoms with van der Waals surface area (Å²) in [5.74, 6) is 0.520. The molecule has 0 unspecified atom stereocenters. The van der Waals surface area contributed by atoms with Gasteiger partial charge in [0.25, 0.3) is 5.91 Å². The Morgan fingerprint density at radius 1 is 0.756 bits per heavy atom. The standard InChI is InChI=1S/C39H43N5O/c1-30(2)28-34-29-36(41-44(34)33-18-10-5-11-19-33)39(45)40-22-23-42-24-26-43(27-25-42)37-21-13-12-20-35(37)38(31-14-6-3-7-15-31)32-16-8-4-9-17-32/h3-21,29-30,38H,22-28H2,1-2H3,(H,40,45). The smallest absolute Gasteiger partial charge is 0.271 e. The van der Waals surface area contributed by atoms with Crippen LogP contribution in [0.15, 0.2) is 121 Å². The lowest BCUT2D eigenvalue weighted by molar-refractivity contribution is 0.0942. The number of hydrogen-bond acceptors (Lipinski definition) is 4. The number of aromatic nitrogens is 2. The van der Waals surface area contributed by atoms with E-state index in [4.69, 9.17) is 5.10 Å². The molecule has 5 aromatic rings. The minimum absolute atomic E-state index is 0.116. The lowest BCUT2D eigenvalue weighted by atomic mass is 9.84. The Morgan fingerprint density at radius 2 is 1.33 bits per heavy atom. The molecular formula is C39H43N5O. The molecular weight excluding hydrogens is 554 g/mol. The van der Waals surface area contributed by atoms with Crippen molar-refractivity contribution in [2.24, 2.45) is 5.92 Å². The summed E-state index contributed by atoms with van der Waals surface area (Å²) in [6.07, 6.45) is 0.861. The molecule has 0 spiro atoms. The van der Waals surface area contributed by atoms with Gasteiger partial charge in [0.2, 0.25) is 0 Å². The minimum atomic E-state index is -0.116. The highest BCUT2D eigenvalue weighted by Crippen LogP contribution is 2.37. The Hall–Kier alpha value is -4.68. The zero-order valence-electron chi connectivity index (χ0n) is 26.3. The fourth-order valence-electron chi connectivity index (χ4n) is 6.38. The Balaban J connectivity index is 1.08. The molecule has 1 aromatic heterocycles. The number of amides is 1. The van der Waals surface area contributed by atoms with E-state index in [0.717, 1.165) is 50.5 Å². The van der Waals surface area contributed by atoms with E-state index in [1.807, 2.05) is 41.1 Å². The molecule has 1 saturated heterocycles. The molecule has 6 heteroatoms. The largest absolute Gasteiger partial charge is 0.369 e. The van der Waals surface area contributed by atoms with Crippen molar-refractivity contribution >= 4 is 11.6 Å². The number of anilines is 1. The Labute approximate surface area is 267 Å². The predicted octanol–water partition coefficient (Wildman–Crippen LogP) is 6.80. The average molecular weight is 598 g/mol. The first-order chi connectivity index (χ1) is 22.1. The van der Waals surface area contributed by atoms with E-state index in [1.54, 1.807) is 0 Å². The van der Waals surface area contributed by atoms with Crippen LogP contribution in [-0.2, 0) is 6.42 Å². The number of piperazine rings is 1. The van der Waals surface area contributed by atoms with Gasteiger partial charge in [-0.15, -0.1) is 0 Å². The first kappa shape index (κ1) is 30.4. The summed E-state index contributed by atoms with van der Waals surface area (Å²) >= 11 is 0. The molecule has 0 aliphatic carbocycles. The van der Waals surface area contributed by atoms with Gasteiger partial charge in [0.05, 0.1) is 5.69 Å². The summed E-state index contributed by atoms with van der Waals surface area (Å²) in [4.78, 5) is 18.1. The normalized spacial score (nSPS) is 13.8. The average Bonchev–Trinajstić information content (AvgIpc) is 3.50. The van der Waals surface area contributed by atoms with Gasteiger partial charge in [0.15, 0.2) is 5.69 Å². The summed E-state index contributed by atoms with van der Waals surface area (Å²) in [5.41, 5.74) is 7.75. The highest BCUT2D eigenvalue weighted by molar-refractivity contribution is 5.92. The van der Waals surface area contributed by atoms with Crippen molar-refractivity contribution < 1.29 is 4.79 Å². The number of para-hydroxylation sites is 2. The third-order valence-corrected chi connectivity index (χ3v) is 8.57. The van der Waals surface area contributed by atoms with Gasteiger partial charge >= 0.3 is 0 Å². The van der Waals surface area contributed by atoms with E-state index >= 15 is 0 Å². The third kappa shape index (κ3) is 7.35. The van der Waals surface area contributed by atoms with Crippen molar-refractivity contribution in [3.63, 3.8) is 0 Å². The van der Waals surface area contributed by atoms with Crippen LogP contribution in [0.4, 0.5) is 5.69 Å². The van der Waals surface area contributed by atoms with Crippen LogP contribution >= 0.6 is 0 Å². The van der Waals surface area contributed by atoms with E-state index in [0.29, 0.717) is 18.2 Å². The van der Waals surface area contributed by atoms with Gasteiger partial charge in [-0.3, -0.25) is 9.69 Å². The molecule has 230 valence electrons. The number of hydrogen-bond donors (Lipinski definition) is 1. The second-order valence-electron chi connectivity index (χ2n) is 12.3. The number of benzene rings is 4. The van der Waals surface area contributed by atoms with Crippen LogP contribution in [0.3, 0.4) is 0 Å². The molecule has 0 bridgehead atoms. The number of rotatable bonds is 11. The van der Waals surface area contributed by atoms with Gasteiger partial charge < -0.3 is 10.2 Å². The zero-order chi connectivity index (χ0) is 31.0. The third-order valence-electron chi connectivity index (χ3n) is 8.57. The molecule has 0 radical (unpaired) electrons. The molecule has 6 rings (SSSR count). The van der Waals surface area contributed by atoms with Crippen LogP contribution in [0.1, 0.15) is 52.6 Å².